The van der Waals surface area contributed by atoms with Gasteiger partial charge in [-0.05, 0) is 6.42 Å². The molecule has 0 bridgehead atoms. The first-order valence-electron chi connectivity index (χ1n) is 5.50. The Balaban J connectivity index is 0. The van der Waals surface area contributed by atoms with E-state index in [1.165, 1.54) is 6.26 Å². The SMILES string of the molecule is CCCCN(C)C(=NC)NCCS(C)(=O)=O.I. The van der Waals surface area contributed by atoms with Gasteiger partial charge in [0.15, 0.2) is 5.96 Å². The van der Waals surface area contributed by atoms with E-state index in [-0.39, 0.29) is 29.7 Å². The van der Waals surface area contributed by atoms with E-state index in [1.54, 1.807) is 7.05 Å². The van der Waals surface area contributed by atoms with Crippen molar-refractivity contribution in [1.82, 2.24) is 10.2 Å². The monoisotopic (exact) mass is 377 g/mol. The smallest absolute Gasteiger partial charge is 0.193 e. The van der Waals surface area contributed by atoms with E-state index in [2.05, 4.69) is 17.2 Å². The van der Waals surface area contributed by atoms with E-state index in [9.17, 15) is 8.42 Å². The van der Waals surface area contributed by atoms with Crippen LogP contribution in [-0.4, -0.2) is 58.5 Å². The van der Waals surface area contributed by atoms with Crippen LogP contribution in [0, 0.1) is 0 Å². The minimum atomic E-state index is -2.91. The van der Waals surface area contributed by atoms with Crippen LogP contribution in [0.4, 0.5) is 0 Å². The summed E-state index contributed by atoms with van der Waals surface area (Å²) < 4.78 is 21.9. The molecule has 1 N–H and O–H groups in total. The highest BCUT2D eigenvalue weighted by Crippen LogP contribution is 1.92. The number of hydrogen-bond acceptors (Lipinski definition) is 3. The lowest BCUT2D eigenvalue weighted by atomic mass is 10.3. The van der Waals surface area contributed by atoms with Crippen molar-refractivity contribution in [3.05, 3.63) is 0 Å². The fraction of sp³-hybridized carbons (Fsp3) is 0.900. The Hall–Kier alpha value is -0.0500. The number of unbranched alkanes of at least 4 members (excludes halogenated alkanes) is 1. The van der Waals surface area contributed by atoms with Crippen molar-refractivity contribution >= 4 is 39.8 Å². The largest absolute Gasteiger partial charge is 0.355 e. The molecule has 17 heavy (non-hydrogen) atoms. The third-order valence-electron chi connectivity index (χ3n) is 2.18. The van der Waals surface area contributed by atoms with Gasteiger partial charge in [-0.1, -0.05) is 13.3 Å². The summed E-state index contributed by atoms with van der Waals surface area (Å²) in [4.78, 5) is 6.10. The molecule has 0 saturated carbocycles. The van der Waals surface area contributed by atoms with Crippen LogP contribution in [0.3, 0.4) is 0 Å². The van der Waals surface area contributed by atoms with Crippen LogP contribution in [0.15, 0.2) is 4.99 Å². The lowest BCUT2D eigenvalue weighted by Crippen LogP contribution is -2.41. The number of nitrogens with zero attached hydrogens (tertiary/aromatic N) is 2. The number of halogens is 1. The molecule has 0 aliphatic heterocycles. The van der Waals surface area contributed by atoms with Gasteiger partial charge in [-0.25, -0.2) is 8.42 Å². The van der Waals surface area contributed by atoms with Gasteiger partial charge >= 0.3 is 0 Å². The number of sulfone groups is 1. The Kier molecular flexibility index (Phi) is 11.3. The van der Waals surface area contributed by atoms with E-state index >= 15 is 0 Å². The van der Waals surface area contributed by atoms with E-state index < -0.39 is 9.84 Å². The topological polar surface area (TPSA) is 61.8 Å². The van der Waals surface area contributed by atoms with E-state index in [1.807, 2.05) is 11.9 Å². The molecule has 0 aliphatic carbocycles. The maximum Gasteiger partial charge on any atom is 0.193 e. The Labute approximate surface area is 122 Å². The van der Waals surface area contributed by atoms with Crippen molar-refractivity contribution < 1.29 is 8.42 Å². The molecule has 0 amide bonds. The summed E-state index contributed by atoms with van der Waals surface area (Å²) >= 11 is 0. The zero-order chi connectivity index (χ0) is 12.6. The Morgan fingerprint density at radius 1 is 1.41 bits per heavy atom. The first-order chi connectivity index (χ1) is 7.40. The molecule has 0 aromatic rings. The summed E-state index contributed by atoms with van der Waals surface area (Å²) in [6, 6.07) is 0. The average Bonchev–Trinajstić information content (AvgIpc) is 2.19. The van der Waals surface area contributed by atoms with Gasteiger partial charge in [0.2, 0.25) is 0 Å². The molecular weight excluding hydrogens is 353 g/mol. The molecule has 5 nitrogen and oxygen atoms in total. The van der Waals surface area contributed by atoms with Gasteiger partial charge in [-0.2, -0.15) is 0 Å². The third kappa shape index (κ3) is 10.8. The van der Waals surface area contributed by atoms with Gasteiger partial charge in [0.1, 0.15) is 9.84 Å². The molecule has 0 fully saturated rings. The second kappa shape index (κ2) is 9.93. The van der Waals surface area contributed by atoms with Gasteiger partial charge in [-0.3, -0.25) is 4.99 Å². The summed E-state index contributed by atoms with van der Waals surface area (Å²) in [5, 5.41) is 3.03. The molecule has 0 aromatic carbocycles. The normalized spacial score (nSPS) is 11.9. The molecular formula is C10H24IN3O2S. The van der Waals surface area contributed by atoms with Gasteiger partial charge in [0, 0.05) is 33.4 Å². The van der Waals surface area contributed by atoms with Crippen molar-refractivity contribution in [2.75, 3.05) is 39.2 Å². The second-order valence-corrected chi connectivity index (χ2v) is 6.14. The van der Waals surface area contributed by atoms with Crippen molar-refractivity contribution in [3.8, 4) is 0 Å². The first-order valence-corrected chi connectivity index (χ1v) is 7.56. The summed E-state index contributed by atoms with van der Waals surface area (Å²) in [7, 11) is 0.743. The standard InChI is InChI=1S/C10H23N3O2S.HI/c1-5-6-8-13(3)10(11-2)12-7-9-16(4,14)15;/h5-9H2,1-4H3,(H,11,12);1H. The molecule has 0 aromatic heterocycles. The lowest BCUT2D eigenvalue weighted by molar-refractivity contribution is 0.466. The van der Waals surface area contributed by atoms with Crippen molar-refractivity contribution in [2.24, 2.45) is 4.99 Å². The van der Waals surface area contributed by atoms with Crippen LogP contribution >= 0.6 is 24.0 Å². The van der Waals surface area contributed by atoms with Crippen LogP contribution in [0.5, 0.6) is 0 Å². The van der Waals surface area contributed by atoms with Crippen LogP contribution in [0.2, 0.25) is 0 Å². The van der Waals surface area contributed by atoms with Crippen LogP contribution < -0.4 is 5.32 Å². The van der Waals surface area contributed by atoms with Gasteiger partial charge < -0.3 is 10.2 Å². The highest BCUT2D eigenvalue weighted by molar-refractivity contribution is 14.0. The maximum absolute atomic E-state index is 10.9. The van der Waals surface area contributed by atoms with Crippen molar-refractivity contribution in [1.29, 1.82) is 0 Å². The summed E-state index contributed by atoms with van der Waals surface area (Å²) in [6.07, 6.45) is 3.46. The molecule has 7 heteroatoms. The predicted octanol–water partition coefficient (Wildman–Crippen LogP) is 0.956. The lowest BCUT2D eigenvalue weighted by Gasteiger charge is -2.21. The molecule has 104 valence electrons. The highest BCUT2D eigenvalue weighted by Gasteiger charge is 2.06. The average molecular weight is 377 g/mol. The second-order valence-electron chi connectivity index (χ2n) is 3.88. The predicted molar refractivity (Wildman–Crippen MR) is 84.0 cm³/mol. The third-order valence-corrected chi connectivity index (χ3v) is 3.12. The van der Waals surface area contributed by atoms with Crippen molar-refractivity contribution in [2.45, 2.75) is 19.8 Å². The summed E-state index contributed by atoms with van der Waals surface area (Å²) in [6.45, 7) is 3.46. The van der Waals surface area contributed by atoms with Crippen LogP contribution in [0.25, 0.3) is 0 Å². The molecule has 0 atom stereocenters. The molecule has 0 aliphatic rings. The first kappa shape index (κ1) is 19.3. The van der Waals surface area contributed by atoms with Crippen LogP contribution in [-0.2, 0) is 9.84 Å². The molecule has 0 saturated heterocycles. The minimum Gasteiger partial charge on any atom is -0.355 e. The van der Waals surface area contributed by atoms with Crippen LogP contribution in [0.1, 0.15) is 19.8 Å². The summed E-state index contributed by atoms with van der Waals surface area (Å²) in [5.74, 6) is 0.880. The number of nitrogens with one attached hydrogen (secondary N) is 1. The molecule has 0 unspecified atom stereocenters. The van der Waals surface area contributed by atoms with Gasteiger partial charge in [0.05, 0.1) is 5.75 Å². The Bertz CT molecular complexity index is 318. The summed E-state index contributed by atoms with van der Waals surface area (Å²) in [5.41, 5.74) is 0. The number of guanidine groups is 1. The molecule has 0 rings (SSSR count). The van der Waals surface area contributed by atoms with Gasteiger partial charge in [-0.15, -0.1) is 24.0 Å². The molecule has 0 radical (unpaired) electrons. The quantitative estimate of drug-likeness (QED) is 0.426. The fourth-order valence-electron chi connectivity index (χ4n) is 1.23. The molecule has 0 heterocycles. The van der Waals surface area contributed by atoms with E-state index in [0.29, 0.717) is 6.54 Å². The fourth-order valence-corrected chi connectivity index (χ4v) is 1.71. The number of aliphatic imine (C=N–C) groups is 1. The Morgan fingerprint density at radius 2 is 2.00 bits per heavy atom. The zero-order valence-corrected chi connectivity index (χ0v) is 14.2. The maximum atomic E-state index is 10.9. The highest BCUT2D eigenvalue weighted by atomic mass is 127. The van der Waals surface area contributed by atoms with Crippen molar-refractivity contribution in [3.63, 3.8) is 0 Å². The zero-order valence-electron chi connectivity index (χ0n) is 11.1. The number of hydrogen-bond donors (Lipinski definition) is 1. The van der Waals surface area contributed by atoms with E-state index in [0.717, 1.165) is 25.3 Å². The number of rotatable bonds is 6. The molecule has 0 spiro atoms. The minimum absolute atomic E-state index is 0. The van der Waals surface area contributed by atoms with Gasteiger partial charge in [0.25, 0.3) is 0 Å². The van der Waals surface area contributed by atoms with E-state index in [4.69, 9.17) is 0 Å². The Morgan fingerprint density at radius 3 is 2.41 bits per heavy atom.